The Morgan fingerprint density at radius 3 is 2.39 bits per heavy atom. The Morgan fingerprint density at radius 2 is 1.76 bits per heavy atom. The number of aliphatic hydroxyl groups is 1. The molecule has 1 atom stereocenters. The van der Waals surface area contributed by atoms with Gasteiger partial charge in [0.25, 0.3) is 5.78 Å². The third kappa shape index (κ3) is 3.78. The molecule has 0 spiro atoms. The van der Waals surface area contributed by atoms with E-state index in [0.29, 0.717) is 28.6 Å². The minimum atomic E-state index is -0.960. The number of hydrogen-bond acceptors (Lipinski definition) is 8. The van der Waals surface area contributed by atoms with Crippen molar-refractivity contribution in [1.29, 1.82) is 0 Å². The van der Waals surface area contributed by atoms with Gasteiger partial charge in [-0.25, -0.2) is 0 Å². The van der Waals surface area contributed by atoms with Crippen molar-refractivity contribution in [2.45, 2.75) is 13.0 Å². The van der Waals surface area contributed by atoms with E-state index >= 15 is 0 Å². The molecule has 0 aliphatic carbocycles. The first-order valence-corrected chi connectivity index (χ1v) is 10.00. The lowest BCUT2D eigenvalue weighted by atomic mass is 9.95. The second kappa shape index (κ2) is 8.70. The molecule has 1 unspecified atom stereocenters. The summed E-state index contributed by atoms with van der Waals surface area (Å²) in [6.45, 7) is 1.68. The fourth-order valence-corrected chi connectivity index (χ4v) is 3.80. The maximum atomic E-state index is 13.2. The predicted molar refractivity (Wildman–Crippen MR) is 119 cm³/mol. The maximum absolute atomic E-state index is 13.2. The molecular formula is C24H22N2O7. The molecule has 9 nitrogen and oxygen atoms in total. The van der Waals surface area contributed by atoms with E-state index in [-0.39, 0.29) is 22.7 Å². The second-order valence-corrected chi connectivity index (χ2v) is 7.31. The quantitative estimate of drug-likeness (QED) is 0.344. The van der Waals surface area contributed by atoms with Crippen LogP contribution in [0.1, 0.15) is 22.9 Å². The highest BCUT2D eigenvalue weighted by atomic mass is 16.5. The molecule has 2 aromatic carbocycles. The smallest absolute Gasteiger partial charge is 0.301 e. The minimum Gasteiger partial charge on any atom is -0.507 e. The zero-order chi connectivity index (χ0) is 23.7. The van der Waals surface area contributed by atoms with E-state index in [1.807, 2.05) is 0 Å². The van der Waals surface area contributed by atoms with Gasteiger partial charge in [0.1, 0.15) is 17.3 Å². The van der Waals surface area contributed by atoms with E-state index in [9.17, 15) is 14.7 Å². The predicted octanol–water partition coefficient (Wildman–Crippen LogP) is 3.64. The number of ether oxygens (including phenoxy) is 3. The topological polar surface area (TPSA) is 111 Å². The fourth-order valence-electron chi connectivity index (χ4n) is 3.80. The van der Waals surface area contributed by atoms with Gasteiger partial charge in [-0.3, -0.25) is 14.5 Å². The molecule has 170 valence electrons. The molecule has 3 aromatic rings. The summed E-state index contributed by atoms with van der Waals surface area (Å²) >= 11 is 0. The Labute approximate surface area is 189 Å². The van der Waals surface area contributed by atoms with Gasteiger partial charge in [0.2, 0.25) is 0 Å². The van der Waals surface area contributed by atoms with Crippen LogP contribution in [0.25, 0.3) is 5.76 Å². The summed E-state index contributed by atoms with van der Waals surface area (Å²) in [5.74, 6) is -0.0676. The number of hydrogen-bond donors (Lipinski definition) is 1. The molecule has 33 heavy (non-hydrogen) atoms. The largest absolute Gasteiger partial charge is 0.507 e. The second-order valence-electron chi connectivity index (χ2n) is 7.31. The van der Waals surface area contributed by atoms with Crippen LogP contribution in [0, 0.1) is 6.92 Å². The van der Waals surface area contributed by atoms with Gasteiger partial charge in [0.15, 0.2) is 17.3 Å². The number of amides is 1. The lowest BCUT2D eigenvalue weighted by Crippen LogP contribution is -2.29. The molecule has 1 N–H and O–H groups in total. The lowest BCUT2D eigenvalue weighted by Gasteiger charge is -2.23. The first-order chi connectivity index (χ1) is 15.9. The van der Waals surface area contributed by atoms with Gasteiger partial charge < -0.3 is 23.8 Å². The number of Topliss-reactive ketones (excluding diaryl/α,β-unsaturated/α-hetero) is 1. The monoisotopic (exact) mass is 450 g/mol. The van der Waals surface area contributed by atoms with E-state index in [1.54, 1.807) is 49.4 Å². The van der Waals surface area contributed by atoms with Crippen LogP contribution in [0.5, 0.6) is 17.2 Å². The standard InChI is InChI=1S/C24H22N2O7/c1-13-10-19(25-33-13)26-21(14-6-5-7-16(11-14)30-2)20(23(28)24(26)29)22(27)15-8-9-17(31-3)18(12-15)32-4/h5-12,21,27H,1-4H3. The van der Waals surface area contributed by atoms with Crippen LogP contribution in [-0.4, -0.2) is 43.3 Å². The van der Waals surface area contributed by atoms with Crippen molar-refractivity contribution in [3.05, 3.63) is 71.0 Å². The number of methoxy groups -OCH3 is 3. The van der Waals surface area contributed by atoms with Gasteiger partial charge in [-0.15, -0.1) is 0 Å². The number of aryl methyl sites for hydroxylation is 1. The van der Waals surface area contributed by atoms with Crippen LogP contribution >= 0.6 is 0 Å². The van der Waals surface area contributed by atoms with Crippen LogP contribution in [0.3, 0.4) is 0 Å². The summed E-state index contributed by atoms with van der Waals surface area (Å²) in [6, 6.07) is 12.2. The fraction of sp³-hybridized carbons (Fsp3) is 0.208. The van der Waals surface area contributed by atoms with Crippen molar-refractivity contribution in [2.24, 2.45) is 0 Å². The zero-order valence-corrected chi connectivity index (χ0v) is 18.5. The Morgan fingerprint density at radius 1 is 1.00 bits per heavy atom. The molecule has 1 aromatic heterocycles. The lowest BCUT2D eigenvalue weighted by molar-refractivity contribution is -0.132. The third-order valence-corrected chi connectivity index (χ3v) is 5.37. The number of aliphatic hydroxyl groups excluding tert-OH is 1. The number of carbonyl (C=O) groups excluding carboxylic acids is 2. The minimum absolute atomic E-state index is 0.0962. The first kappa shape index (κ1) is 21.9. The first-order valence-electron chi connectivity index (χ1n) is 10.00. The van der Waals surface area contributed by atoms with E-state index in [4.69, 9.17) is 18.7 Å². The van der Waals surface area contributed by atoms with Crippen molar-refractivity contribution in [1.82, 2.24) is 5.16 Å². The van der Waals surface area contributed by atoms with Crippen LogP contribution in [0.15, 0.2) is 58.6 Å². The molecule has 1 fully saturated rings. The summed E-state index contributed by atoms with van der Waals surface area (Å²) in [5.41, 5.74) is 0.743. The molecule has 2 heterocycles. The summed E-state index contributed by atoms with van der Waals surface area (Å²) in [6.07, 6.45) is 0. The Balaban J connectivity index is 1.94. The maximum Gasteiger partial charge on any atom is 0.301 e. The van der Waals surface area contributed by atoms with E-state index in [1.165, 1.54) is 32.3 Å². The van der Waals surface area contributed by atoms with Crippen LogP contribution in [0.4, 0.5) is 5.82 Å². The molecular weight excluding hydrogens is 428 g/mol. The van der Waals surface area contributed by atoms with Crippen molar-refractivity contribution >= 4 is 23.3 Å². The highest BCUT2D eigenvalue weighted by molar-refractivity contribution is 6.51. The van der Waals surface area contributed by atoms with Gasteiger partial charge in [-0.05, 0) is 42.8 Å². The van der Waals surface area contributed by atoms with Crippen molar-refractivity contribution in [3.63, 3.8) is 0 Å². The van der Waals surface area contributed by atoms with Crippen LogP contribution in [0.2, 0.25) is 0 Å². The number of anilines is 1. The van der Waals surface area contributed by atoms with Crippen molar-refractivity contribution < 1.29 is 33.4 Å². The van der Waals surface area contributed by atoms with E-state index in [2.05, 4.69) is 5.16 Å². The van der Waals surface area contributed by atoms with Crippen LogP contribution in [-0.2, 0) is 9.59 Å². The zero-order valence-electron chi connectivity index (χ0n) is 18.5. The summed E-state index contributed by atoms with van der Waals surface area (Å²) < 4.78 is 21.0. The van der Waals surface area contributed by atoms with Gasteiger partial charge >= 0.3 is 5.91 Å². The molecule has 0 bridgehead atoms. The van der Waals surface area contributed by atoms with Gasteiger partial charge in [-0.1, -0.05) is 17.3 Å². The SMILES string of the molecule is COc1cccc(C2C(=C(O)c3ccc(OC)c(OC)c3)C(=O)C(=O)N2c2cc(C)on2)c1. The number of aromatic nitrogens is 1. The Kier molecular flexibility index (Phi) is 5.78. The highest BCUT2D eigenvalue weighted by Gasteiger charge is 2.48. The van der Waals surface area contributed by atoms with Crippen LogP contribution < -0.4 is 19.1 Å². The molecule has 1 aliphatic rings. The number of benzene rings is 2. The number of nitrogens with zero attached hydrogens (tertiary/aromatic N) is 2. The molecule has 1 saturated heterocycles. The molecule has 0 saturated carbocycles. The van der Waals surface area contributed by atoms with Crippen molar-refractivity contribution in [3.8, 4) is 17.2 Å². The highest BCUT2D eigenvalue weighted by Crippen LogP contribution is 2.43. The van der Waals surface area contributed by atoms with Gasteiger partial charge in [0, 0.05) is 11.6 Å². The summed E-state index contributed by atoms with van der Waals surface area (Å²) in [5, 5.41) is 15.2. The number of ketones is 1. The summed E-state index contributed by atoms with van der Waals surface area (Å²) in [7, 11) is 4.47. The molecule has 9 heteroatoms. The van der Waals surface area contributed by atoms with E-state index < -0.39 is 17.7 Å². The molecule has 4 rings (SSSR count). The third-order valence-electron chi connectivity index (χ3n) is 5.37. The molecule has 0 radical (unpaired) electrons. The normalized spacial score (nSPS) is 17.3. The van der Waals surface area contributed by atoms with Gasteiger partial charge in [0.05, 0.1) is 32.9 Å². The summed E-state index contributed by atoms with van der Waals surface area (Å²) in [4.78, 5) is 27.5. The molecule has 1 aliphatic heterocycles. The number of carbonyl (C=O) groups is 2. The van der Waals surface area contributed by atoms with Crippen molar-refractivity contribution in [2.75, 3.05) is 26.2 Å². The Hall–Kier alpha value is -4.27. The average molecular weight is 450 g/mol. The number of rotatable bonds is 6. The Bertz CT molecular complexity index is 1260. The molecule has 1 amide bonds. The van der Waals surface area contributed by atoms with E-state index in [0.717, 1.165) is 0 Å². The van der Waals surface area contributed by atoms with Gasteiger partial charge in [-0.2, -0.15) is 0 Å². The average Bonchev–Trinajstić information content (AvgIpc) is 3.38.